The number of carbonyl (C=O) groups excluding carboxylic acids is 2. The highest BCUT2D eigenvalue weighted by atomic mass is 79.9. The summed E-state index contributed by atoms with van der Waals surface area (Å²) in [6.07, 6.45) is 2.49. The first-order chi connectivity index (χ1) is 15.5. The number of rotatable bonds is 4. The normalized spacial score (nSPS) is 16.4. The van der Waals surface area contributed by atoms with E-state index in [0.29, 0.717) is 22.2 Å². The second kappa shape index (κ2) is 8.55. The molecule has 5 rings (SSSR count). The molecule has 2 amide bonds. The van der Waals surface area contributed by atoms with Crippen LogP contribution in [0.15, 0.2) is 40.9 Å². The lowest BCUT2D eigenvalue weighted by Gasteiger charge is -2.20. The first-order valence-corrected chi connectivity index (χ1v) is 11.9. The fourth-order valence-electron chi connectivity index (χ4n) is 3.89. The number of anilines is 2. The standard InChI is InChI=1S/C23H20BrN3O4S/c1-12-9-14(6-7-16(12)24)25-22(29)15-3-2-4-19-20(15)26-23(32-19)27-21(28)13-5-8-17-18(10-13)31-11-30-17/h5-10,15H,2-4,11H2,1H3,(H,25,29)(H,26,27,28). The second-order valence-corrected chi connectivity index (χ2v) is 9.69. The van der Waals surface area contributed by atoms with Gasteiger partial charge in [-0.05, 0) is 68.1 Å². The molecule has 0 spiro atoms. The average molecular weight is 514 g/mol. The second-order valence-electron chi connectivity index (χ2n) is 7.75. The van der Waals surface area contributed by atoms with E-state index in [1.54, 1.807) is 18.2 Å². The molecule has 2 aromatic carbocycles. The van der Waals surface area contributed by atoms with Gasteiger partial charge in [0.25, 0.3) is 5.91 Å². The van der Waals surface area contributed by atoms with Crippen molar-refractivity contribution in [2.24, 2.45) is 0 Å². The molecule has 0 saturated carbocycles. The quantitative estimate of drug-likeness (QED) is 0.496. The maximum atomic E-state index is 13.0. The summed E-state index contributed by atoms with van der Waals surface area (Å²) < 4.78 is 11.6. The highest BCUT2D eigenvalue weighted by Gasteiger charge is 2.31. The molecule has 1 atom stereocenters. The van der Waals surface area contributed by atoms with Crippen LogP contribution in [-0.2, 0) is 11.2 Å². The Morgan fingerprint density at radius 2 is 1.97 bits per heavy atom. The number of fused-ring (bicyclic) bond motifs is 2. The first kappa shape index (κ1) is 21.0. The van der Waals surface area contributed by atoms with Crippen molar-refractivity contribution in [3.8, 4) is 11.5 Å². The number of thiazole rings is 1. The summed E-state index contributed by atoms with van der Waals surface area (Å²) in [4.78, 5) is 31.4. The van der Waals surface area contributed by atoms with Gasteiger partial charge in [0.15, 0.2) is 16.6 Å². The van der Waals surface area contributed by atoms with Crippen LogP contribution in [0.3, 0.4) is 0 Å². The van der Waals surface area contributed by atoms with E-state index < -0.39 is 0 Å². The molecule has 0 saturated heterocycles. The Balaban J connectivity index is 1.32. The summed E-state index contributed by atoms with van der Waals surface area (Å²) in [7, 11) is 0. The van der Waals surface area contributed by atoms with Crippen molar-refractivity contribution in [2.45, 2.75) is 32.1 Å². The van der Waals surface area contributed by atoms with Crippen molar-refractivity contribution < 1.29 is 19.1 Å². The van der Waals surface area contributed by atoms with Crippen LogP contribution in [-0.4, -0.2) is 23.6 Å². The van der Waals surface area contributed by atoms with Crippen molar-refractivity contribution in [3.05, 3.63) is 62.6 Å². The number of amides is 2. The minimum absolute atomic E-state index is 0.0772. The number of benzene rings is 2. The van der Waals surface area contributed by atoms with Gasteiger partial charge in [0.1, 0.15) is 0 Å². The molecule has 1 unspecified atom stereocenters. The van der Waals surface area contributed by atoms with Gasteiger partial charge in [0, 0.05) is 20.6 Å². The number of aryl methyl sites for hydroxylation is 2. The van der Waals surface area contributed by atoms with E-state index in [2.05, 4.69) is 31.5 Å². The van der Waals surface area contributed by atoms with Crippen LogP contribution in [0, 0.1) is 6.92 Å². The zero-order valence-corrected chi connectivity index (χ0v) is 19.6. The van der Waals surface area contributed by atoms with Crippen molar-refractivity contribution in [2.75, 3.05) is 17.4 Å². The first-order valence-electron chi connectivity index (χ1n) is 10.3. The Kier molecular flexibility index (Phi) is 5.60. The number of halogens is 1. The number of ether oxygens (including phenoxy) is 2. The van der Waals surface area contributed by atoms with Gasteiger partial charge in [-0.15, -0.1) is 11.3 Å². The predicted octanol–water partition coefficient (Wildman–Crippen LogP) is 5.25. The molecule has 1 aliphatic heterocycles. The molecule has 0 bridgehead atoms. The van der Waals surface area contributed by atoms with Gasteiger partial charge in [0.05, 0.1) is 11.6 Å². The maximum Gasteiger partial charge on any atom is 0.257 e. The molecule has 2 aliphatic rings. The Morgan fingerprint density at radius 1 is 1.12 bits per heavy atom. The molecule has 2 N–H and O–H groups in total. The van der Waals surface area contributed by atoms with Crippen LogP contribution in [0.25, 0.3) is 0 Å². The van der Waals surface area contributed by atoms with Gasteiger partial charge >= 0.3 is 0 Å². The number of nitrogens with zero attached hydrogens (tertiary/aromatic N) is 1. The largest absolute Gasteiger partial charge is 0.454 e. The summed E-state index contributed by atoms with van der Waals surface area (Å²) in [5, 5.41) is 6.37. The molecule has 7 nitrogen and oxygen atoms in total. The molecule has 3 aromatic rings. The van der Waals surface area contributed by atoms with E-state index in [9.17, 15) is 9.59 Å². The molecule has 164 valence electrons. The highest BCUT2D eigenvalue weighted by Crippen LogP contribution is 2.38. The van der Waals surface area contributed by atoms with E-state index in [1.807, 2.05) is 25.1 Å². The number of hydrogen-bond donors (Lipinski definition) is 2. The summed E-state index contributed by atoms with van der Waals surface area (Å²) in [5.41, 5.74) is 3.03. The lowest BCUT2D eigenvalue weighted by atomic mass is 9.90. The average Bonchev–Trinajstić information content (AvgIpc) is 3.41. The Labute approximate surface area is 197 Å². The molecule has 1 aliphatic carbocycles. The lowest BCUT2D eigenvalue weighted by Crippen LogP contribution is -2.24. The fraction of sp³-hybridized carbons (Fsp3) is 0.261. The van der Waals surface area contributed by atoms with E-state index in [1.165, 1.54) is 11.3 Å². The summed E-state index contributed by atoms with van der Waals surface area (Å²) >= 11 is 4.91. The van der Waals surface area contributed by atoms with Crippen LogP contribution in [0.2, 0.25) is 0 Å². The van der Waals surface area contributed by atoms with E-state index in [-0.39, 0.29) is 24.5 Å². The lowest BCUT2D eigenvalue weighted by molar-refractivity contribution is -0.117. The predicted molar refractivity (Wildman–Crippen MR) is 126 cm³/mol. The minimum Gasteiger partial charge on any atom is -0.454 e. The monoisotopic (exact) mass is 513 g/mol. The smallest absolute Gasteiger partial charge is 0.257 e. The third-order valence-corrected chi connectivity index (χ3v) is 7.49. The number of nitrogens with one attached hydrogen (secondary N) is 2. The number of carbonyl (C=O) groups is 2. The van der Waals surface area contributed by atoms with Crippen LogP contribution < -0.4 is 20.1 Å². The molecule has 32 heavy (non-hydrogen) atoms. The summed E-state index contributed by atoms with van der Waals surface area (Å²) in [6.45, 7) is 2.14. The molecular formula is C23H20BrN3O4S. The van der Waals surface area contributed by atoms with Crippen molar-refractivity contribution in [1.29, 1.82) is 0 Å². The van der Waals surface area contributed by atoms with Crippen LogP contribution in [0.1, 0.15) is 45.3 Å². The number of hydrogen-bond acceptors (Lipinski definition) is 6. The van der Waals surface area contributed by atoms with Crippen LogP contribution >= 0.6 is 27.3 Å². The molecular weight excluding hydrogens is 494 g/mol. The fourth-order valence-corrected chi connectivity index (χ4v) is 5.19. The third kappa shape index (κ3) is 4.10. The van der Waals surface area contributed by atoms with E-state index >= 15 is 0 Å². The van der Waals surface area contributed by atoms with E-state index in [4.69, 9.17) is 9.47 Å². The third-order valence-electron chi connectivity index (χ3n) is 5.55. The Hall–Kier alpha value is -2.91. The van der Waals surface area contributed by atoms with Gasteiger partial charge in [-0.1, -0.05) is 15.9 Å². The molecule has 9 heteroatoms. The Morgan fingerprint density at radius 3 is 2.81 bits per heavy atom. The zero-order valence-electron chi connectivity index (χ0n) is 17.2. The topological polar surface area (TPSA) is 89.6 Å². The van der Waals surface area contributed by atoms with Crippen molar-refractivity contribution in [1.82, 2.24) is 4.98 Å². The van der Waals surface area contributed by atoms with Gasteiger partial charge in [-0.25, -0.2) is 4.98 Å². The van der Waals surface area contributed by atoms with Gasteiger partial charge in [-0.2, -0.15) is 0 Å². The molecule has 1 aromatic heterocycles. The summed E-state index contributed by atoms with van der Waals surface area (Å²) in [6, 6.07) is 10.8. The van der Waals surface area contributed by atoms with Gasteiger partial charge in [0.2, 0.25) is 12.7 Å². The SMILES string of the molecule is Cc1cc(NC(=O)C2CCCc3sc(NC(=O)c4ccc5c(c4)OCO5)nc32)ccc1Br. The van der Waals surface area contributed by atoms with Crippen molar-refractivity contribution >= 4 is 49.9 Å². The zero-order chi connectivity index (χ0) is 22.2. The minimum atomic E-state index is -0.338. The van der Waals surface area contributed by atoms with Crippen LogP contribution in [0.4, 0.5) is 10.8 Å². The maximum absolute atomic E-state index is 13.0. The molecule has 2 heterocycles. The highest BCUT2D eigenvalue weighted by molar-refractivity contribution is 9.10. The number of aromatic nitrogens is 1. The van der Waals surface area contributed by atoms with Crippen LogP contribution in [0.5, 0.6) is 11.5 Å². The van der Waals surface area contributed by atoms with Gasteiger partial charge in [-0.3, -0.25) is 14.9 Å². The summed E-state index contributed by atoms with van der Waals surface area (Å²) in [5.74, 6) is 0.486. The van der Waals surface area contributed by atoms with Crippen molar-refractivity contribution in [3.63, 3.8) is 0 Å². The van der Waals surface area contributed by atoms with E-state index in [0.717, 1.165) is 45.6 Å². The molecule has 0 fully saturated rings. The molecule has 0 radical (unpaired) electrons. The Bertz CT molecular complexity index is 1230. The van der Waals surface area contributed by atoms with Gasteiger partial charge < -0.3 is 14.8 Å².